The second kappa shape index (κ2) is 11.3. The zero-order valence-corrected chi connectivity index (χ0v) is 20.2. The van der Waals surface area contributed by atoms with Crippen LogP contribution in [0, 0.1) is 13.8 Å². The van der Waals surface area contributed by atoms with Crippen molar-refractivity contribution in [2.75, 3.05) is 32.8 Å². The zero-order chi connectivity index (χ0) is 23.9. The highest BCUT2D eigenvalue weighted by Gasteiger charge is 2.23. The molecule has 0 aliphatic carbocycles. The number of aryl methyl sites for hydroxylation is 2. The fourth-order valence-corrected chi connectivity index (χ4v) is 4.67. The Bertz CT molecular complexity index is 1140. The van der Waals surface area contributed by atoms with E-state index in [0.717, 1.165) is 31.1 Å². The van der Waals surface area contributed by atoms with Gasteiger partial charge in [0.1, 0.15) is 10.8 Å². The van der Waals surface area contributed by atoms with Gasteiger partial charge < -0.3 is 14.2 Å². The average Bonchev–Trinajstić information content (AvgIpc) is 3.26. The molecule has 178 valence electrons. The number of amides is 1. The molecule has 0 unspecified atom stereocenters. The number of thioether (sulfide) groups is 1. The smallest absolute Gasteiger partial charge is 0.341 e. The Morgan fingerprint density at radius 3 is 2.65 bits per heavy atom. The van der Waals surface area contributed by atoms with E-state index in [1.807, 2.05) is 13.0 Å². The van der Waals surface area contributed by atoms with Gasteiger partial charge in [-0.05, 0) is 31.5 Å². The lowest BCUT2D eigenvalue weighted by atomic mass is 10.1. The van der Waals surface area contributed by atoms with Crippen molar-refractivity contribution < 1.29 is 18.8 Å². The van der Waals surface area contributed by atoms with Crippen LogP contribution in [0.5, 0.6) is 0 Å². The van der Waals surface area contributed by atoms with Crippen LogP contribution in [0.4, 0.5) is 0 Å². The number of hydrogen-bond acceptors (Lipinski definition) is 8. The molecule has 8 nitrogen and oxygen atoms in total. The van der Waals surface area contributed by atoms with Crippen LogP contribution < -0.4 is 0 Å². The third-order valence-corrected chi connectivity index (χ3v) is 6.60. The number of carbonyl (C=O) groups is 2. The first-order chi connectivity index (χ1) is 16.5. The molecule has 1 aliphatic heterocycles. The van der Waals surface area contributed by atoms with Gasteiger partial charge in [0, 0.05) is 50.7 Å². The third-order valence-electron chi connectivity index (χ3n) is 5.57. The van der Waals surface area contributed by atoms with Crippen molar-refractivity contribution in [3.05, 3.63) is 76.8 Å². The van der Waals surface area contributed by atoms with E-state index in [9.17, 15) is 9.59 Å². The van der Waals surface area contributed by atoms with E-state index in [1.165, 1.54) is 22.9 Å². The van der Waals surface area contributed by atoms with E-state index in [-0.39, 0.29) is 12.5 Å². The highest BCUT2D eigenvalue weighted by Crippen LogP contribution is 2.24. The van der Waals surface area contributed by atoms with Crippen molar-refractivity contribution in [2.45, 2.75) is 31.2 Å². The lowest BCUT2D eigenvalue weighted by Crippen LogP contribution is -2.49. The molecule has 0 spiro atoms. The van der Waals surface area contributed by atoms with Crippen LogP contribution in [0.2, 0.25) is 0 Å². The largest absolute Gasteiger partial charge is 0.452 e. The number of esters is 1. The summed E-state index contributed by atoms with van der Waals surface area (Å²) in [5.74, 6) is 0.504. The van der Waals surface area contributed by atoms with Crippen LogP contribution >= 0.6 is 11.8 Å². The minimum atomic E-state index is -0.557. The molecule has 1 aromatic carbocycles. The summed E-state index contributed by atoms with van der Waals surface area (Å²) in [4.78, 5) is 33.7. The van der Waals surface area contributed by atoms with Crippen LogP contribution in [-0.4, -0.2) is 64.6 Å². The fourth-order valence-electron chi connectivity index (χ4n) is 3.81. The van der Waals surface area contributed by atoms with E-state index in [4.69, 9.17) is 9.26 Å². The number of benzene rings is 1. The van der Waals surface area contributed by atoms with E-state index in [0.29, 0.717) is 29.4 Å². The number of aromatic nitrogens is 2. The predicted molar refractivity (Wildman–Crippen MR) is 128 cm³/mol. The highest BCUT2D eigenvalue weighted by atomic mass is 32.2. The van der Waals surface area contributed by atoms with Crippen molar-refractivity contribution in [1.29, 1.82) is 0 Å². The third kappa shape index (κ3) is 6.45. The molecule has 0 N–H and O–H groups in total. The normalized spacial score (nSPS) is 14.2. The number of piperazine rings is 1. The number of pyridine rings is 1. The van der Waals surface area contributed by atoms with Gasteiger partial charge in [0.05, 0.1) is 11.3 Å². The van der Waals surface area contributed by atoms with E-state index >= 15 is 0 Å². The van der Waals surface area contributed by atoms with E-state index in [1.54, 1.807) is 23.2 Å². The Morgan fingerprint density at radius 2 is 1.91 bits per heavy atom. The maximum atomic E-state index is 12.7. The number of nitrogens with zero attached hydrogens (tertiary/aromatic N) is 4. The molecule has 1 aliphatic rings. The average molecular weight is 481 g/mol. The molecule has 2 aromatic heterocycles. The monoisotopic (exact) mass is 480 g/mol. The van der Waals surface area contributed by atoms with Gasteiger partial charge >= 0.3 is 5.97 Å². The summed E-state index contributed by atoms with van der Waals surface area (Å²) in [7, 11) is 0. The minimum Gasteiger partial charge on any atom is -0.452 e. The van der Waals surface area contributed by atoms with Crippen LogP contribution in [-0.2, 0) is 21.8 Å². The van der Waals surface area contributed by atoms with Gasteiger partial charge in [-0.15, -0.1) is 0 Å². The number of carbonyl (C=O) groups excluding carboxylic acids is 2. The molecule has 0 radical (unpaired) electrons. The van der Waals surface area contributed by atoms with Crippen LogP contribution in [0.25, 0.3) is 0 Å². The maximum Gasteiger partial charge on any atom is 0.341 e. The van der Waals surface area contributed by atoms with Crippen molar-refractivity contribution in [2.24, 2.45) is 0 Å². The summed E-state index contributed by atoms with van der Waals surface area (Å²) < 4.78 is 10.4. The number of hydrogen-bond donors (Lipinski definition) is 0. The molecule has 3 heterocycles. The number of rotatable bonds is 8. The Morgan fingerprint density at radius 1 is 1.09 bits per heavy atom. The zero-order valence-electron chi connectivity index (χ0n) is 19.4. The van der Waals surface area contributed by atoms with E-state index in [2.05, 4.69) is 46.2 Å². The van der Waals surface area contributed by atoms with Crippen molar-refractivity contribution >= 4 is 23.6 Å². The first kappa shape index (κ1) is 24.0. The molecule has 4 rings (SSSR count). The molecule has 34 heavy (non-hydrogen) atoms. The topological polar surface area (TPSA) is 88.8 Å². The van der Waals surface area contributed by atoms with Crippen molar-refractivity contribution in [1.82, 2.24) is 19.9 Å². The predicted octanol–water partition coefficient (Wildman–Crippen LogP) is 3.48. The first-order valence-electron chi connectivity index (χ1n) is 11.2. The molecule has 0 atom stereocenters. The molecular weight excluding hydrogens is 452 g/mol. The van der Waals surface area contributed by atoms with Gasteiger partial charge in [-0.2, -0.15) is 0 Å². The summed E-state index contributed by atoms with van der Waals surface area (Å²) in [6.45, 7) is 7.32. The van der Waals surface area contributed by atoms with Crippen molar-refractivity contribution in [3.8, 4) is 0 Å². The van der Waals surface area contributed by atoms with Gasteiger partial charge in [-0.25, -0.2) is 9.78 Å². The number of ether oxygens (including phenoxy) is 1. The summed E-state index contributed by atoms with van der Waals surface area (Å²) in [6, 6.07) is 13.6. The molecule has 1 amide bonds. The molecule has 1 fully saturated rings. The van der Waals surface area contributed by atoms with Gasteiger partial charge in [-0.3, -0.25) is 9.69 Å². The summed E-state index contributed by atoms with van der Waals surface area (Å²) >= 11 is 1.37. The Balaban J connectivity index is 1.24. The molecule has 3 aromatic rings. The second-order valence-electron chi connectivity index (χ2n) is 8.30. The lowest BCUT2D eigenvalue weighted by molar-refractivity contribution is -0.136. The maximum absolute atomic E-state index is 12.7. The Kier molecular flexibility index (Phi) is 7.97. The Hall–Kier alpha value is -3.17. The lowest BCUT2D eigenvalue weighted by Gasteiger charge is -2.34. The van der Waals surface area contributed by atoms with Crippen LogP contribution in [0.15, 0.2) is 58.2 Å². The summed E-state index contributed by atoms with van der Waals surface area (Å²) in [6.07, 6.45) is 1.62. The van der Waals surface area contributed by atoms with Gasteiger partial charge in [0.15, 0.2) is 6.61 Å². The standard InChI is InChI=1S/C25H28N4O4S/c1-18-5-3-6-20(13-18)15-28-9-11-29(12-10-28)23(30)16-32-25(31)22-7-4-8-26-24(22)34-17-21-14-19(2)33-27-21/h3-8,13-14H,9-12,15-17H2,1-2H3. The first-order valence-corrected chi connectivity index (χ1v) is 12.2. The van der Waals surface area contributed by atoms with Crippen LogP contribution in [0.3, 0.4) is 0 Å². The Labute approximate surface area is 203 Å². The molecule has 9 heteroatoms. The van der Waals surface area contributed by atoms with Gasteiger partial charge in [0.2, 0.25) is 0 Å². The summed E-state index contributed by atoms with van der Waals surface area (Å²) in [5.41, 5.74) is 3.63. The van der Waals surface area contributed by atoms with Crippen molar-refractivity contribution in [3.63, 3.8) is 0 Å². The molecule has 1 saturated heterocycles. The van der Waals surface area contributed by atoms with Gasteiger partial charge in [0.25, 0.3) is 5.91 Å². The van der Waals surface area contributed by atoms with Gasteiger partial charge in [-0.1, -0.05) is 46.7 Å². The molecule has 0 saturated carbocycles. The summed E-state index contributed by atoms with van der Waals surface area (Å²) in [5, 5.41) is 4.49. The SMILES string of the molecule is Cc1cccc(CN2CCN(C(=O)COC(=O)c3cccnc3SCc3cc(C)on3)CC2)c1. The minimum absolute atomic E-state index is 0.181. The van der Waals surface area contributed by atoms with E-state index < -0.39 is 5.97 Å². The molecule has 0 bridgehead atoms. The second-order valence-corrected chi connectivity index (χ2v) is 9.26. The fraction of sp³-hybridized carbons (Fsp3) is 0.360. The molecular formula is C25H28N4O4S. The quantitative estimate of drug-likeness (QED) is 0.358. The highest BCUT2D eigenvalue weighted by molar-refractivity contribution is 7.98. The van der Waals surface area contributed by atoms with Crippen LogP contribution in [0.1, 0.15) is 32.9 Å².